The number of carbonyl (C=O) groups excluding carboxylic acids is 1. The van der Waals surface area contributed by atoms with Gasteiger partial charge in [0.15, 0.2) is 0 Å². The number of amides is 1. The number of rotatable bonds is 7. The van der Waals surface area contributed by atoms with Crippen molar-refractivity contribution >= 4 is 34.2 Å². The Morgan fingerprint density at radius 3 is 2.67 bits per heavy atom. The highest BCUT2D eigenvalue weighted by Crippen LogP contribution is 2.32. The number of benzene rings is 2. The normalized spacial score (nSPS) is 11.0. The lowest BCUT2D eigenvalue weighted by atomic mass is 10.0. The van der Waals surface area contributed by atoms with E-state index < -0.39 is 0 Å². The van der Waals surface area contributed by atoms with Crippen LogP contribution in [0.5, 0.6) is 5.75 Å². The van der Waals surface area contributed by atoms with Crippen LogP contribution in [0.3, 0.4) is 0 Å². The van der Waals surface area contributed by atoms with Gasteiger partial charge in [-0.2, -0.15) is 0 Å². The van der Waals surface area contributed by atoms with E-state index >= 15 is 0 Å². The second kappa shape index (κ2) is 8.49. The molecule has 4 nitrogen and oxygen atoms in total. The molecule has 0 bridgehead atoms. The summed E-state index contributed by atoms with van der Waals surface area (Å²) in [7, 11) is 0. The quantitative estimate of drug-likeness (QED) is 0.502. The highest BCUT2D eigenvalue weighted by Gasteiger charge is 2.15. The van der Waals surface area contributed by atoms with Gasteiger partial charge in [0.25, 0.3) is 0 Å². The van der Waals surface area contributed by atoms with Crippen LogP contribution in [0, 0.1) is 13.8 Å². The predicted octanol–water partition coefficient (Wildman–Crippen LogP) is 6.06. The molecular weight excluding hydrogens is 362 g/mol. The second-order valence-corrected chi connectivity index (χ2v) is 7.10. The molecule has 0 saturated carbocycles. The average Bonchev–Trinajstić information content (AvgIpc) is 3.03. The molecule has 3 rings (SSSR count). The standard InChI is InChI=1S/C22H24ClNO3/c1-4-5-10-26-18-8-6-17(7-9-18)24-20(25)12-16-13-27-19-11-14(2)22(23)15(3)21(16)19/h6-9,11,13H,4-5,10,12H2,1-3H3,(H,24,25). The summed E-state index contributed by atoms with van der Waals surface area (Å²) in [6.45, 7) is 6.73. The number of carbonyl (C=O) groups is 1. The van der Waals surface area contributed by atoms with Crippen molar-refractivity contribution in [2.24, 2.45) is 0 Å². The van der Waals surface area contributed by atoms with E-state index in [1.54, 1.807) is 6.26 Å². The fourth-order valence-corrected chi connectivity index (χ4v) is 3.23. The number of halogens is 1. The van der Waals surface area contributed by atoms with Crippen LogP contribution in [0.25, 0.3) is 11.0 Å². The van der Waals surface area contributed by atoms with Gasteiger partial charge in [-0.3, -0.25) is 4.79 Å². The topological polar surface area (TPSA) is 51.5 Å². The van der Waals surface area contributed by atoms with Crippen LogP contribution in [-0.2, 0) is 11.2 Å². The van der Waals surface area contributed by atoms with E-state index in [-0.39, 0.29) is 12.3 Å². The molecule has 0 saturated heterocycles. The van der Waals surface area contributed by atoms with Gasteiger partial charge in [-0.15, -0.1) is 0 Å². The third-order valence-corrected chi connectivity index (χ3v) is 5.13. The Labute approximate surface area is 164 Å². The number of nitrogens with one attached hydrogen (secondary N) is 1. The third kappa shape index (κ3) is 4.45. The molecule has 0 aliphatic carbocycles. The molecule has 1 heterocycles. The third-order valence-electron chi connectivity index (χ3n) is 4.55. The number of anilines is 1. The minimum Gasteiger partial charge on any atom is -0.494 e. The lowest BCUT2D eigenvalue weighted by Crippen LogP contribution is -2.14. The van der Waals surface area contributed by atoms with E-state index in [0.717, 1.165) is 51.9 Å². The Bertz CT molecular complexity index is 944. The number of unbranched alkanes of at least 4 members (excludes halogenated alkanes) is 1. The van der Waals surface area contributed by atoms with Crippen molar-refractivity contribution in [3.63, 3.8) is 0 Å². The maximum atomic E-state index is 12.5. The number of fused-ring (bicyclic) bond motifs is 1. The second-order valence-electron chi connectivity index (χ2n) is 6.72. The lowest BCUT2D eigenvalue weighted by molar-refractivity contribution is -0.115. The van der Waals surface area contributed by atoms with Crippen molar-refractivity contribution < 1.29 is 13.9 Å². The zero-order valence-corrected chi connectivity index (χ0v) is 16.7. The molecule has 2 aromatic carbocycles. The fraction of sp³-hybridized carbons (Fsp3) is 0.318. The van der Waals surface area contributed by atoms with Crippen LogP contribution >= 0.6 is 11.6 Å². The van der Waals surface area contributed by atoms with Gasteiger partial charge in [0.1, 0.15) is 11.3 Å². The van der Waals surface area contributed by atoms with Gasteiger partial charge in [-0.25, -0.2) is 0 Å². The summed E-state index contributed by atoms with van der Waals surface area (Å²) < 4.78 is 11.3. The minimum absolute atomic E-state index is 0.103. The average molecular weight is 386 g/mol. The summed E-state index contributed by atoms with van der Waals surface area (Å²) in [5.41, 5.74) is 4.23. The summed E-state index contributed by atoms with van der Waals surface area (Å²) in [5, 5.41) is 4.54. The molecule has 1 N–H and O–H groups in total. The van der Waals surface area contributed by atoms with Crippen LogP contribution in [0.4, 0.5) is 5.69 Å². The Morgan fingerprint density at radius 2 is 1.96 bits per heavy atom. The van der Waals surface area contributed by atoms with Crippen molar-refractivity contribution in [3.8, 4) is 5.75 Å². The summed E-state index contributed by atoms with van der Waals surface area (Å²) in [6, 6.07) is 9.33. The largest absolute Gasteiger partial charge is 0.494 e. The smallest absolute Gasteiger partial charge is 0.228 e. The summed E-state index contributed by atoms with van der Waals surface area (Å²) >= 11 is 6.36. The van der Waals surface area contributed by atoms with Gasteiger partial charge in [-0.1, -0.05) is 24.9 Å². The molecule has 27 heavy (non-hydrogen) atoms. The zero-order chi connectivity index (χ0) is 19.4. The first-order chi connectivity index (χ1) is 13.0. The molecule has 3 aromatic rings. The molecular formula is C22H24ClNO3. The van der Waals surface area contributed by atoms with Crippen molar-refractivity contribution in [1.82, 2.24) is 0 Å². The van der Waals surface area contributed by atoms with Gasteiger partial charge in [0.05, 0.1) is 19.3 Å². The zero-order valence-electron chi connectivity index (χ0n) is 15.9. The molecule has 142 valence electrons. The number of aryl methyl sites for hydroxylation is 2. The van der Waals surface area contributed by atoms with Crippen molar-refractivity contribution in [3.05, 3.63) is 58.3 Å². The molecule has 0 fully saturated rings. The van der Waals surface area contributed by atoms with Gasteiger partial charge in [0.2, 0.25) is 5.91 Å². The highest BCUT2D eigenvalue weighted by atomic mass is 35.5. The number of hydrogen-bond acceptors (Lipinski definition) is 3. The molecule has 0 aliphatic heterocycles. The van der Waals surface area contributed by atoms with E-state index in [4.69, 9.17) is 20.8 Å². The number of ether oxygens (including phenoxy) is 1. The predicted molar refractivity (Wildman–Crippen MR) is 110 cm³/mol. The van der Waals surface area contributed by atoms with Gasteiger partial charge < -0.3 is 14.5 Å². The minimum atomic E-state index is -0.103. The van der Waals surface area contributed by atoms with Gasteiger partial charge in [-0.05, 0) is 61.7 Å². The number of furan rings is 1. The summed E-state index contributed by atoms with van der Waals surface area (Å²) in [6.07, 6.45) is 3.99. The number of hydrogen-bond donors (Lipinski definition) is 1. The van der Waals surface area contributed by atoms with E-state index in [9.17, 15) is 4.79 Å². The first-order valence-electron chi connectivity index (χ1n) is 9.18. The molecule has 0 spiro atoms. The molecule has 1 aromatic heterocycles. The van der Waals surface area contributed by atoms with Crippen LogP contribution in [-0.4, -0.2) is 12.5 Å². The molecule has 0 atom stereocenters. The first kappa shape index (κ1) is 19.3. The first-order valence-corrected chi connectivity index (χ1v) is 9.56. The van der Waals surface area contributed by atoms with Crippen LogP contribution in [0.2, 0.25) is 5.02 Å². The summed E-state index contributed by atoms with van der Waals surface area (Å²) in [5.74, 6) is 0.705. The lowest BCUT2D eigenvalue weighted by Gasteiger charge is -2.08. The fourth-order valence-electron chi connectivity index (χ4n) is 3.09. The molecule has 0 aliphatic rings. The molecule has 0 radical (unpaired) electrons. The van der Waals surface area contributed by atoms with E-state index in [2.05, 4.69) is 12.2 Å². The summed E-state index contributed by atoms with van der Waals surface area (Å²) in [4.78, 5) is 12.5. The maximum Gasteiger partial charge on any atom is 0.228 e. The Balaban J connectivity index is 1.68. The highest BCUT2D eigenvalue weighted by molar-refractivity contribution is 6.33. The molecule has 0 unspecified atom stereocenters. The van der Waals surface area contributed by atoms with Crippen LogP contribution in [0.15, 0.2) is 41.0 Å². The SMILES string of the molecule is CCCCOc1ccc(NC(=O)Cc2coc3cc(C)c(Cl)c(C)c23)cc1. The monoisotopic (exact) mass is 385 g/mol. The van der Waals surface area contributed by atoms with Crippen LogP contribution < -0.4 is 10.1 Å². The van der Waals surface area contributed by atoms with Crippen molar-refractivity contribution in [1.29, 1.82) is 0 Å². The molecule has 5 heteroatoms. The maximum absolute atomic E-state index is 12.5. The van der Waals surface area contributed by atoms with Crippen LogP contribution in [0.1, 0.15) is 36.5 Å². The van der Waals surface area contributed by atoms with Gasteiger partial charge in [0, 0.05) is 21.7 Å². The van der Waals surface area contributed by atoms with E-state index in [1.165, 1.54) is 0 Å². The Kier molecular flexibility index (Phi) is 6.07. The Hall–Kier alpha value is -2.46. The van der Waals surface area contributed by atoms with E-state index in [1.807, 2.05) is 44.2 Å². The van der Waals surface area contributed by atoms with Crippen molar-refractivity contribution in [2.45, 2.75) is 40.0 Å². The Morgan fingerprint density at radius 1 is 1.22 bits per heavy atom. The van der Waals surface area contributed by atoms with Gasteiger partial charge >= 0.3 is 0 Å². The van der Waals surface area contributed by atoms with E-state index in [0.29, 0.717) is 11.6 Å². The molecule has 1 amide bonds. The van der Waals surface area contributed by atoms with Crippen molar-refractivity contribution in [2.75, 3.05) is 11.9 Å².